The molecule has 0 atom stereocenters. The van der Waals surface area contributed by atoms with Crippen LogP contribution in [0.25, 0.3) is 21.5 Å². The molecule has 6 nitrogen and oxygen atoms in total. The normalized spacial score (nSPS) is 11.7. The molecule has 0 aliphatic rings. The zero-order valence-electron chi connectivity index (χ0n) is 18.0. The molecule has 0 bridgehead atoms. The number of anilines is 2. The van der Waals surface area contributed by atoms with Gasteiger partial charge in [-0.1, -0.05) is 38.1 Å². The molecule has 28 heavy (non-hydrogen) atoms. The Kier molecular flexibility index (Phi) is 6.31. The Balaban J connectivity index is 2.32. The molecular formula is C22H32N6. The molecule has 0 fully saturated rings. The van der Waals surface area contributed by atoms with Crippen LogP contribution in [0.15, 0.2) is 36.4 Å². The van der Waals surface area contributed by atoms with Crippen molar-refractivity contribution in [2.45, 2.75) is 26.7 Å². The molecule has 0 saturated carbocycles. The summed E-state index contributed by atoms with van der Waals surface area (Å²) in [6.07, 6.45) is 2.08. The molecule has 0 saturated heterocycles. The second kappa shape index (κ2) is 8.71. The van der Waals surface area contributed by atoms with Crippen LogP contribution in [-0.2, 0) is 0 Å². The topological polar surface area (TPSA) is 38.7 Å². The van der Waals surface area contributed by atoms with Crippen LogP contribution in [0, 0.1) is 0 Å². The zero-order chi connectivity index (χ0) is 20.3. The van der Waals surface area contributed by atoms with E-state index >= 15 is 0 Å². The van der Waals surface area contributed by atoms with E-state index in [1.54, 1.807) is 0 Å². The first kappa shape index (κ1) is 20.3. The van der Waals surface area contributed by atoms with Crippen LogP contribution in [0.5, 0.6) is 0 Å². The first-order valence-corrected chi connectivity index (χ1v) is 10.1. The summed E-state index contributed by atoms with van der Waals surface area (Å²) >= 11 is 0. The number of rotatable bonds is 8. The quantitative estimate of drug-likeness (QED) is 0.431. The summed E-state index contributed by atoms with van der Waals surface area (Å²) in [6, 6.07) is 13.0. The van der Waals surface area contributed by atoms with Gasteiger partial charge in [-0.15, -0.1) is 10.2 Å². The Hall–Kier alpha value is -2.44. The van der Waals surface area contributed by atoms with Gasteiger partial charge in [0, 0.05) is 52.1 Å². The summed E-state index contributed by atoms with van der Waals surface area (Å²) in [5, 5.41) is 22.7. The monoisotopic (exact) mass is 380 g/mol. The van der Waals surface area contributed by atoms with Gasteiger partial charge in [-0.2, -0.15) is 0 Å². The molecule has 0 spiro atoms. The Morgan fingerprint density at radius 2 is 1.07 bits per heavy atom. The summed E-state index contributed by atoms with van der Waals surface area (Å²) < 4.78 is 0. The summed E-state index contributed by atoms with van der Waals surface area (Å²) in [5.41, 5.74) is 0. The van der Waals surface area contributed by atoms with Gasteiger partial charge in [0.2, 0.25) is 0 Å². The van der Waals surface area contributed by atoms with Crippen LogP contribution in [0.1, 0.15) is 26.7 Å². The Bertz CT molecular complexity index is 861. The fourth-order valence-electron chi connectivity index (χ4n) is 3.61. The van der Waals surface area contributed by atoms with Crippen LogP contribution in [0.2, 0.25) is 0 Å². The third-order valence-electron chi connectivity index (χ3n) is 4.93. The van der Waals surface area contributed by atoms with E-state index in [4.69, 9.17) is 10.2 Å². The van der Waals surface area contributed by atoms with Gasteiger partial charge in [0.15, 0.2) is 11.6 Å². The number of aromatic nitrogens is 2. The molecule has 2 aromatic carbocycles. The van der Waals surface area contributed by atoms with Crippen LogP contribution in [0.3, 0.4) is 0 Å². The largest absolute Gasteiger partial charge is 0.288 e. The molecule has 0 aliphatic heterocycles. The van der Waals surface area contributed by atoms with Gasteiger partial charge in [-0.25, -0.2) is 10.0 Å². The highest BCUT2D eigenvalue weighted by Crippen LogP contribution is 2.34. The molecule has 0 aliphatic carbocycles. The smallest absolute Gasteiger partial charge is 0.173 e. The van der Waals surface area contributed by atoms with Crippen molar-refractivity contribution in [2.24, 2.45) is 0 Å². The van der Waals surface area contributed by atoms with Crippen molar-refractivity contribution in [3.8, 4) is 0 Å². The molecule has 1 heterocycles. The second-order valence-electron chi connectivity index (χ2n) is 7.53. The van der Waals surface area contributed by atoms with Gasteiger partial charge >= 0.3 is 0 Å². The number of fused-ring (bicyclic) bond motifs is 2. The maximum atomic E-state index is 4.71. The first-order chi connectivity index (χ1) is 13.5. The predicted octanol–water partition coefficient (Wildman–Crippen LogP) is 4.17. The van der Waals surface area contributed by atoms with Crippen molar-refractivity contribution in [1.82, 2.24) is 20.2 Å². The fraction of sp³-hybridized carbons (Fsp3) is 0.455. The zero-order valence-corrected chi connectivity index (χ0v) is 18.0. The van der Waals surface area contributed by atoms with E-state index in [9.17, 15) is 0 Å². The third-order valence-corrected chi connectivity index (χ3v) is 4.93. The molecule has 0 radical (unpaired) electrons. The first-order valence-electron chi connectivity index (χ1n) is 10.1. The minimum absolute atomic E-state index is 0.898. The standard InChI is InChI=1S/C22H32N6/c1-7-13-27(25(3)4)21-19-15-17-11-9-10-12-18(17)16-20(19)22(24-23-21)28(14-8-2)26(5)6/h9-12,15-16H,7-8,13-14H2,1-6H3. The Morgan fingerprint density at radius 1 is 0.679 bits per heavy atom. The summed E-state index contributed by atoms with van der Waals surface area (Å²) in [7, 11) is 8.23. The molecule has 6 heteroatoms. The summed E-state index contributed by atoms with van der Waals surface area (Å²) in [5.74, 6) is 1.82. The SMILES string of the molecule is CCCN(c1nnc(N(CCC)N(C)C)c2cc3ccccc3cc12)N(C)C. The van der Waals surface area contributed by atoms with E-state index < -0.39 is 0 Å². The van der Waals surface area contributed by atoms with E-state index in [-0.39, 0.29) is 0 Å². The molecule has 0 unspecified atom stereocenters. The molecule has 3 rings (SSSR count). The van der Waals surface area contributed by atoms with Gasteiger partial charge in [0.25, 0.3) is 0 Å². The molecular weight excluding hydrogens is 348 g/mol. The second-order valence-corrected chi connectivity index (χ2v) is 7.53. The summed E-state index contributed by atoms with van der Waals surface area (Å²) in [4.78, 5) is 0. The van der Waals surface area contributed by atoms with E-state index in [2.05, 4.69) is 98.5 Å². The lowest BCUT2D eigenvalue weighted by atomic mass is 10.0. The highest BCUT2D eigenvalue weighted by Gasteiger charge is 2.21. The van der Waals surface area contributed by atoms with Gasteiger partial charge in [0.05, 0.1) is 0 Å². The molecule has 0 N–H and O–H groups in total. The lowest BCUT2D eigenvalue weighted by molar-refractivity contribution is 0.360. The van der Waals surface area contributed by atoms with Crippen LogP contribution < -0.4 is 10.0 Å². The number of hydrazine groups is 2. The van der Waals surface area contributed by atoms with Crippen molar-refractivity contribution in [2.75, 3.05) is 51.3 Å². The van der Waals surface area contributed by atoms with Crippen LogP contribution in [0.4, 0.5) is 11.6 Å². The van der Waals surface area contributed by atoms with Gasteiger partial charge in [-0.3, -0.25) is 10.0 Å². The highest BCUT2D eigenvalue weighted by atomic mass is 15.6. The fourth-order valence-corrected chi connectivity index (χ4v) is 3.61. The van der Waals surface area contributed by atoms with Gasteiger partial charge in [0.1, 0.15) is 0 Å². The van der Waals surface area contributed by atoms with E-state index in [0.717, 1.165) is 48.3 Å². The van der Waals surface area contributed by atoms with Crippen molar-refractivity contribution in [1.29, 1.82) is 0 Å². The lowest BCUT2D eigenvalue weighted by Gasteiger charge is -2.33. The maximum Gasteiger partial charge on any atom is 0.173 e. The van der Waals surface area contributed by atoms with E-state index in [1.807, 2.05) is 0 Å². The lowest BCUT2D eigenvalue weighted by Crippen LogP contribution is -2.40. The Morgan fingerprint density at radius 3 is 1.39 bits per heavy atom. The average molecular weight is 381 g/mol. The summed E-state index contributed by atoms with van der Waals surface area (Å²) in [6.45, 7) is 6.17. The molecule has 0 amide bonds. The average Bonchev–Trinajstić information content (AvgIpc) is 2.68. The molecule has 1 aromatic heterocycles. The van der Waals surface area contributed by atoms with Crippen molar-refractivity contribution in [3.05, 3.63) is 36.4 Å². The predicted molar refractivity (Wildman–Crippen MR) is 120 cm³/mol. The number of nitrogens with zero attached hydrogens (tertiary/aromatic N) is 6. The van der Waals surface area contributed by atoms with E-state index in [0.29, 0.717) is 0 Å². The van der Waals surface area contributed by atoms with Crippen molar-refractivity contribution in [3.63, 3.8) is 0 Å². The Labute approximate surface area is 168 Å². The van der Waals surface area contributed by atoms with E-state index in [1.165, 1.54) is 10.8 Å². The maximum absolute atomic E-state index is 4.71. The number of hydrogen-bond donors (Lipinski definition) is 0. The third kappa shape index (κ3) is 3.88. The molecule has 150 valence electrons. The van der Waals surface area contributed by atoms with Crippen LogP contribution in [-0.4, -0.2) is 61.5 Å². The minimum Gasteiger partial charge on any atom is -0.288 e. The molecule has 3 aromatic rings. The number of benzene rings is 2. The van der Waals surface area contributed by atoms with Crippen molar-refractivity contribution < 1.29 is 0 Å². The van der Waals surface area contributed by atoms with Crippen LogP contribution >= 0.6 is 0 Å². The van der Waals surface area contributed by atoms with Crippen molar-refractivity contribution >= 4 is 33.2 Å². The van der Waals surface area contributed by atoms with Gasteiger partial charge < -0.3 is 0 Å². The van der Waals surface area contributed by atoms with Gasteiger partial charge in [-0.05, 0) is 35.7 Å². The minimum atomic E-state index is 0.898. The highest BCUT2D eigenvalue weighted by molar-refractivity contribution is 6.06. The number of hydrogen-bond acceptors (Lipinski definition) is 6.